The van der Waals surface area contributed by atoms with Crippen LogP contribution in [0.4, 0.5) is 5.69 Å². The van der Waals surface area contributed by atoms with E-state index < -0.39 is 0 Å². The van der Waals surface area contributed by atoms with Crippen molar-refractivity contribution in [2.75, 3.05) is 18.5 Å². The lowest BCUT2D eigenvalue weighted by molar-refractivity contribution is -0.118. The topological polar surface area (TPSA) is 67.4 Å². The molecule has 22 heavy (non-hydrogen) atoms. The molecule has 0 heterocycles. The molecule has 0 fully saturated rings. The van der Waals surface area contributed by atoms with Crippen molar-refractivity contribution in [1.29, 1.82) is 0 Å². The van der Waals surface area contributed by atoms with Crippen LogP contribution in [0.5, 0.6) is 0 Å². The van der Waals surface area contributed by atoms with Crippen molar-refractivity contribution >= 4 is 17.5 Å². The van der Waals surface area contributed by atoms with Crippen molar-refractivity contribution in [3.05, 3.63) is 29.8 Å². The Bertz CT molecular complexity index is 481. The van der Waals surface area contributed by atoms with Crippen molar-refractivity contribution in [3.63, 3.8) is 0 Å². The highest BCUT2D eigenvalue weighted by Gasteiger charge is 2.08. The molecule has 0 bridgehead atoms. The quantitative estimate of drug-likeness (QED) is 0.726. The van der Waals surface area contributed by atoms with Crippen molar-refractivity contribution in [2.45, 2.75) is 40.2 Å². The molecule has 5 nitrogen and oxygen atoms in total. The first-order valence-corrected chi connectivity index (χ1v) is 7.71. The number of anilines is 1. The molecule has 122 valence electrons. The molecule has 0 saturated heterocycles. The van der Waals surface area contributed by atoms with E-state index in [9.17, 15) is 9.59 Å². The van der Waals surface area contributed by atoms with Gasteiger partial charge in [-0.05, 0) is 44.5 Å². The predicted octanol–water partition coefficient (Wildman–Crippen LogP) is 2.83. The lowest BCUT2D eigenvalue weighted by Gasteiger charge is -2.10. The van der Waals surface area contributed by atoms with E-state index in [1.54, 1.807) is 24.3 Å². The molecular formula is C17H26N2O3. The normalized spacial score (nSPS) is 10.8. The lowest BCUT2D eigenvalue weighted by Crippen LogP contribution is -2.25. The first-order valence-electron chi connectivity index (χ1n) is 7.71. The summed E-state index contributed by atoms with van der Waals surface area (Å²) in [7, 11) is 0. The van der Waals surface area contributed by atoms with E-state index in [2.05, 4.69) is 10.6 Å². The van der Waals surface area contributed by atoms with Crippen molar-refractivity contribution < 1.29 is 14.3 Å². The third-order valence-electron chi connectivity index (χ3n) is 3.00. The van der Waals surface area contributed by atoms with E-state index >= 15 is 0 Å². The van der Waals surface area contributed by atoms with Crippen LogP contribution in [-0.4, -0.2) is 31.1 Å². The van der Waals surface area contributed by atoms with Crippen LogP contribution in [0.3, 0.4) is 0 Å². The number of hydrogen-bond acceptors (Lipinski definition) is 3. The molecule has 0 radical (unpaired) electrons. The first-order chi connectivity index (χ1) is 10.4. The Morgan fingerprint density at radius 2 is 1.73 bits per heavy atom. The van der Waals surface area contributed by atoms with Gasteiger partial charge in [0.2, 0.25) is 5.91 Å². The lowest BCUT2D eigenvalue weighted by atomic mass is 10.1. The first kappa shape index (κ1) is 18.2. The second-order valence-corrected chi connectivity index (χ2v) is 5.75. The standard InChI is InChI=1S/C17H26N2O3/c1-12(2)16(20)19-15-8-6-14(7-9-15)17(21)18-10-5-11-22-13(3)4/h6-9,12-13H,5,10-11H2,1-4H3,(H,18,21)(H,19,20). The minimum Gasteiger partial charge on any atom is -0.379 e. The van der Waals surface area contributed by atoms with Crippen LogP contribution >= 0.6 is 0 Å². The maximum atomic E-state index is 11.9. The fourth-order valence-corrected chi connectivity index (χ4v) is 1.69. The molecule has 1 rings (SSSR count). The summed E-state index contributed by atoms with van der Waals surface area (Å²) in [6.45, 7) is 8.85. The maximum Gasteiger partial charge on any atom is 0.251 e. The van der Waals surface area contributed by atoms with Gasteiger partial charge in [0, 0.05) is 30.3 Å². The minimum absolute atomic E-state index is 0.0395. The number of amides is 2. The summed E-state index contributed by atoms with van der Waals surface area (Å²) < 4.78 is 5.41. The Morgan fingerprint density at radius 1 is 1.09 bits per heavy atom. The van der Waals surface area contributed by atoms with Gasteiger partial charge >= 0.3 is 0 Å². The Kier molecular flexibility index (Phi) is 7.60. The van der Waals surface area contributed by atoms with Gasteiger partial charge in [0.05, 0.1) is 6.10 Å². The zero-order valence-electron chi connectivity index (χ0n) is 13.8. The summed E-state index contributed by atoms with van der Waals surface area (Å²) in [5.41, 5.74) is 1.27. The van der Waals surface area contributed by atoms with Gasteiger partial charge in [-0.1, -0.05) is 13.8 Å². The third kappa shape index (κ3) is 6.72. The SMILES string of the molecule is CC(C)OCCCNC(=O)c1ccc(NC(=O)C(C)C)cc1. The molecule has 1 aromatic carbocycles. The highest BCUT2D eigenvalue weighted by atomic mass is 16.5. The number of hydrogen-bond donors (Lipinski definition) is 2. The van der Waals surface area contributed by atoms with Gasteiger partial charge in [0.25, 0.3) is 5.91 Å². The van der Waals surface area contributed by atoms with Crippen LogP contribution in [0.15, 0.2) is 24.3 Å². The van der Waals surface area contributed by atoms with Gasteiger partial charge < -0.3 is 15.4 Å². The van der Waals surface area contributed by atoms with E-state index in [0.29, 0.717) is 24.4 Å². The molecule has 5 heteroatoms. The maximum absolute atomic E-state index is 11.9. The number of carbonyl (C=O) groups is 2. The summed E-state index contributed by atoms with van der Waals surface area (Å²) in [5.74, 6) is -0.232. The average molecular weight is 306 g/mol. The van der Waals surface area contributed by atoms with Gasteiger partial charge in [0.15, 0.2) is 0 Å². The third-order valence-corrected chi connectivity index (χ3v) is 3.00. The Hall–Kier alpha value is -1.88. The summed E-state index contributed by atoms with van der Waals surface area (Å²) in [4.78, 5) is 23.5. The Balaban J connectivity index is 2.39. The number of rotatable bonds is 8. The molecule has 0 aliphatic rings. The van der Waals surface area contributed by atoms with E-state index in [0.717, 1.165) is 6.42 Å². The van der Waals surface area contributed by atoms with Crippen LogP contribution in [0.1, 0.15) is 44.5 Å². The van der Waals surface area contributed by atoms with E-state index in [-0.39, 0.29) is 23.8 Å². The van der Waals surface area contributed by atoms with E-state index in [1.807, 2.05) is 27.7 Å². The van der Waals surface area contributed by atoms with Crippen LogP contribution in [-0.2, 0) is 9.53 Å². The summed E-state index contributed by atoms with van der Waals surface area (Å²) in [6.07, 6.45) is 0.996. The molecule has 0 saturated carbocycles. The number of benzene rings is 1. The zero-order chi connectivity index (χ0) is 16.5. The van der Waals surface area contributed by atoms with Crippen LogP contribution < -0.4 is 10.6 Å². The second kappa shape index (κ2) is 9.20. The number of carbonyl (C=O) groups excluding carboxylic acids is 2. The minimum atomic E-state index is -0.119. The highest BCUT2D eigenvalue weighted by Crippen LogP contribution is 2.11. The van der Waals surface area contributed by atoms with Gasteiger partial charge in [-0.25, -0.2) is 0 Å². The van der Waals surface area contributed by atoms with Crippen molar-refractivity contribution in [2.24, 2.45) is 5.92 Å². The summed E-state index contributed by atoms with van der Waals surface area (Å²) >= 11 is 0. The van der Waals surface area contributed by atoms with E-state index in [1.165, 1.54) is 0 Å². The van der Waals surface area contributed by atoms with Gasteiger partial charge in [-0.2, -0.15) is 0 Å². The van der Waals surface area contributed by atoms with Gasteiger partial charge in [-0.3, -0.25) is 9.59 Å². The molecule has 0 atom stereocenters. The van der Waals surface area contributed by atoms with Gasteiger partial charge in [-0.15, -0.1) is 0 Å². The van der Waals surface area contributed by atoms with Crippen LogP contribution in [0.25, 0.3) is 0 Å². The molecule has 0 aromatic heterocycles. The second-order valence-electron chi connectivity index (χ2n) is 5.75. The fraction of sp³-hybridized carbons (Fsp3) is 0.529. The smallest absolute Gasteiger partial charge is 0.251 e. The van der Waals surface area contributed by atoms with Crippen LogP contribution in [0.2, 0.25) is 0 Å². The molecule has 0 aliphatic carbocycles. The Labute approximate surface area is 132 Å². The summed E-state index contributed by atoms with van der Waals surface area (Å²) in [6, 6.07) is 6.87. The molecule has 0 aliphatic heterocycles. The van der Waals surface area contributed by atoms with E-state index in [4.69, 9.17) is 4.74 Å². The largest absolute Gasteiger partial charge is 0.379 e. The molecule has 0 spiro atoms. The molecule has 0 unspecified atom stereocenters. The van der Waals surface area contributed by atoms with Crippen molar-refractivity contribution in [1.82, 2.24) is 5.32 Å². The molecule has 2 amide bonds. The summed E-state index contributed by atoms with van der Waals surface area (Å²) in [5, 5.41) is 5.64. The zero-order valence-corrected chi connectivity index (χ0v) is 13.8. The monoisotopic (exact) mass is 306 g/mol. The Morgan fingerprint density at radius 3 is 2.27 bits per heavy atom. The molecular weight excluding hydrogens is 280 g/mol. The predicted molar refractivity (Wildman–Crippen MR) is 87.9 cm³/mol. The number of nitrogens with one attached hydrogen (secondary N) is 2. The number of ether oxygens (including phenoxy) is 1. The van der Waals surface area contributed by atoms with Crippen molar-refractivity contribution in [3.8, 4) is 0 Å². The molecule has 1 aromatic rings. The highest BCUT2D eigenvalue weighted by molar-refractivity contribution is 5.96. The van der Waals surface area contributed by atoms with Gasteiger partial charge in [0.1, 0.15) is 0 Å². The average Bonchev–Trinajstić information content (AvgIpc) is 2.47. The van der Waals surface area contributed by atoms with Crippen LogP contribution in [0, 0.1) is 5.92 Å². The molecule has 2 N–H and O–H groups in total. The fourth-order valence-electron chi connectivity index (χ4n) is 1.69.